The van der Waals surface area contributed by atoms with Crippen molar-refractivity contribution in [2.24, 2.45) is 0 Å². The van der Waals surface area contributed by atoms with E-state index in [-0.39, 0.29) is 5.75 Å². The molecule has 1 N–H and O–H groups in total. The van der Waals surface area contributed by atoms with Gasteiger partial charge in [0.1, 0.15) is 11.5 Å². The Morgan fingerprint density at radius 3 is 2.17 bits per heavy atom. The standard InChI is InChI=1S/C16H10ClF3O3/c1-9(15(21)22)13-7-6-12(8-14(13)16(18,19)20)23-11-4-2-10(17)3-5-11/h2-8H,1H2,(H,21,22). The van der Waals surface area contributed by atoms with Crippen LogP contribution in [0.4, 0.5) is 13.2 Å². The van der Waals surface area contributed by atoms with E-state index >= 15 is 0 Å². The second-order valence-corrected chi connectivity index (χ2v) is 4.98. The van der Waals surface area contributed by atoms with Crippen LogP contribution in [0.2, 0.25) is 5.02 Å². The first-order chi connectivity index (χ1) is 10.7. The molecule has 0 aliphatic heterocycles. The van der Waals surface area contributed by atoms with Gasteiger partial charge in [-0.25, -0.2) is 4.79 Å². The molecule has 0 atom stereocenters. The van der Waals surface area contributed by atoms with Crippen LogP contribution in [0.5, 0.6) is 11.5 Å². The zero-order chi connectivity index (χ0) is 17.2. The Bertz CT molecular complexity index is 752. The van der Waals surface area contributed by atoms with E-state index in [9.17, 15) is 18.0 Å². The fraction of sp³-hybridized carbons (Fsp3) is 0.0625. The molecular weight excluding hydrogens is 333 g/mol. The monoisotopic (exact) mass is 342 g/mol. The normalized spacial score (nSPS) is 11.1. The Balaban J connectivity index is 2.42. The minimum Gasteiger partial charge on any atom is -0.478 e. The molecule has 0 saturated heterocycles. The maximum atomic E-state index is 13.1. The quantitative estimate of drug-likeness (QED) is 0.772. The van der Waals surface area contributed by atoms with Crippen molar-refractivity contribution in [1.29, 1.82) is 0 Å². The highest BCUT2D eigenvalue weighted by Gasteiger charge is 2.35. The number of carboxylic acid groups (broad SMARTS) is 1. The Morgan fingerprint density at radius 1 is 1.09 bits per heavy atom. The number of ether oxygens (including phenoxy) is 1. The van der Waals surface area contributed by atoms with E-state index in [2.05, 4.69) is 6.58 Å². The lowest BCUT2D eigenvalue weighted by molar-refractivity contribution is -0.137. The molecule has 0 aliphatic carbocycles. The number of halogens is 4. The summed E-state index contributed by atoms with van der Waals surface area (Å²) in [5, 5.41) is 9.31. The van der Waals surface area contributed by atoms with Gasteiger partial charge in [0, 0.05) is 10.6 Å². The number of carbonyl (C=O) groups is 1. The van der Waals surface area contributed by atoms with Gasteiger partial charge in [0.15, 0.2) is 0 Å². The molecule has 0 aliphatic rings. The van der Waals surface area contributed by atoms with Gasteiger partial charge in [-0.05, 0) is 42.5 Å². The van der Waals surface area contributed by atoms with Crippen molar-refractivity contribution in [3.05, 3.63) is 65.2 Å². The third-order valence-electron chi connectivity index (χ3n) is 2.93. The van der Waals surface area contributed by atoms with Crippen LogP contribution in [-0.2, 0) is 11.0 Å². The first kappa shape index (κ1) is 16.9. The number of hydrogen-bond donors (Lipinski definition) is 1. The third-order valence-corrected chi connectivity index (χ3v) is 3.18. The van der Waals surface area contributed by atoms with Gasteiger partial charge in [0.25, 0.3) is 0 Å². The van der Waals surface area contributed by atoms with Crippen molar-refractivity contribution in [1.82, 2.24) is 0 Å². The second kappa shape index (κ2) is 6.34. The molecule has 2 aromatic carbocycles. The fourth-order valence-corrected chi connectivity index (χ4v) is 1.96. The molecule has 0 fully saturated rings. The fourth-order valence-electron chi connectivity index (χ4n) is 1.84. The van der Waals surface area contributed by atoms with E-state index < -0.39 is 28.8 Å². The highest BCUT2D eigenvalue weighted by Crippen LogP contribution is 2.38. The Kier molecular flexibility index (Phi) is 4.65. The summed E-state index contributed by atoms with van der Waals surface area (Å²) < 4.78 is 44.7. The maximum Gasteiger partial charge on any atom is 0.417 e. The highest BCUT2D eigenvalue weighted by atomic mass is 35.5. The molecule has 7 heteroatoms. The summed E-state index contributed by atoms with van der Waals surface area (Å²) in [6.07, 6.45) is -4.74. The number of aliphatic carboxylic acids is 1. The van der Waals surface area contributed by atoms with E-state index in [0.29, 0.717) is 10.8 Å². The van der Waals surface area contributed by atoms with Gasteiger partial charge >= 0.3 is 12.1 Å². The molecule has 0 unspecified atom stereocenters. The molecule has 23 heavy (non-hydrogen) atoms. The Labute approximate surface area is 134 Å². The second-order valence-electron chi connectivity index (χ2n) is 4.54. The van der Waals surface area contributed by atoms with Crippen LogP contribution in [0.15, 0.2) is 49.0 Å². The topological polar surface area (TPSA) is 46.5 Å². The average Bonchev–Trinajstić information content (AvgIpc) is 2.48. The van der Waals surface area contributed by atoms with Crippen LogP contribution in [0.1, 0.15) is 11.1 Å². The number of alkyl halides is 3. The molecule has 120 valence electrons. The summed E-state index contributed by atoms with van der Waals surface area (Å²) in [5.41, 5.74) is -2.28. The summed E-state index contributed by atoms with van der Waals surface area (Å²) in [5.74, 6) is -1.31. The first-order valence-electron chi connectivity index (χ1n) is 6.25. The van der Waals surface area contributed by atoms with Crippen molar-refractivity contribution in [2.75, 3.05) is 0 Å². The average molecular weight is 343 g/mol. The van der Waals surface area contributed by atoms with Gasteiger partial charge in [-0.15, -0.1) is 0 Å². The Morgan fingerprint density at radius 2 is 1.65 bits per heavy atom. The zero-order valence-electron chi connectivity index (χ0n) is 11.5. The van der Waals surface area contributed by atoms with Gasteiger partial charge in [-0.3, -0.25) is 0 Å². The zero-order valence-corrected chi connectivity index (χ0v) is 12.3. The van der Waals surface area contributed by atoms with E-state index in [1.54, 1.807) is 0 Å². The molecule has 0 saturated carbocycles. The van der Waals surface area contributed by atoms with Crippen molar-refractivity contribution < 1.29 is 27.8 Å². The SMILES string of the molecule is C=C(C(=O)O)c1ccc(Oc2ccc(Cl)cc2)cc1C(F)(F)F. The summed E-state index contributed by atoms with van der Waals surface area (Å²) in [4.78, 5) is 10.9. The predicted molar refractivity (Wildman–Crippen MR) is 79.6 cm³/mol. The van der Waals surface area contributed by atoms with E-state index in [4.69, 9.17) is 21.4 Å². The van der Waals surface area contributed by atoms with Crippen molar-refractivity contribution in [3.63, 3.8) is 0 Å². The van der Waals surface area contributed by atoms with Crippen LogP contribution in [0.3, 0.4) is 0 Å². The molecule has 2 rings (SSSR count). The third kappa shape index (κ3) is 4.04. The molecule has 3 nitrogen and oxygen atoms in total. The lowest BCUT2D eigenvalue weighted by atomic mass is 10.00. The number of carboxylic acids is 1. The van der Waals surface area contributed by atoms with Crippen LogP contribution in [0, 0.1) is 0 Å². The summed E-state index contributed by atoms with van der Waals surface area (Å²) in [7, 11) is 0. The van der Waals surface area contributed by atoms with Crippen molar-refractivity contribution in [3.8, 4) is 11.5 Å². The van der Waals surface area contributed by atoms with E-state index in [1.807, 2.05) is 0 Å². The summed E-state index contributed by atoms with van der Waals surface area (Å²) in [6.45, 7) is 3.17. The minimum absolute atomic E-state index is 0.0819. The molecule has 0 amide bonds. The maximum absolute atomic E-state index is 13.1. The van der Waals surface area contributed by atoms with Crippen LogP contribution >= 0.6 is 11.6 Å². The highest BCUT2D eigenvalue weighted by molar-refractivity contribution is 6.30. The first-order valence-corrected chi connectivity index (χ1v) is 6.63. The molecular formula is C16H10ClF3O3. The molecule has 0 spiro atoms. The van der Waals surface area contributed by atoms with E-state index in [1.165, 1.54) is 30.3 Å². The van der Waals surface area contributed by atoms with Crippen LogP contribution in [-0.4, -0.2) is 11.1 Å². The lowest BCUT2D eigenvalue weighted by Crippen LogP contribution is -2.11. The van der Waals surface area contributed by atoms with Gasteiger partial charge in [0.2, 0.25) is 0 Å². The number of benzene rings is 2. The predicted octanol–water partition coefficient (Wildman–Crippen LogP) is 5.25. The minimum atomic E-state index is -4.74. The molecule has 0 heterocycles. The van der Waals surface area contributed by atoms with Gasteiger partial charge in [0.05, 0.1) is 11.1 Å². The largest absolute Gasteiger partial charge is 0.478 e. The van der Waals surface area contributed by atoms with Crippen molar-refractivity contribution >= 4 is 23.1 Å². The lowest BCUT2D eigenvalue weighted by Gasteiger charge is -2.15. The molecule has 0 bridgehead atoms. The van der Waals surface area contributed by atoms with Gasteiger partial charge in [-0.2, -0.15) is 13.2 Å². The molecule has 0 radical (unpaired) electrons. The van der Waals surface area contributed by atoms with Crippen LogP contribution in [0.25, 0.3) is 5.57 Å². The van der Waals surface area contributed by atoms with Crippen molar-refractivity contribution in [2.45, 2.75) is 6.18 Å². The summed E-state index contributed by atoms with van der Waals surface area (Å²) >= 11 is 5.72. The van der Waals surface area contributed by atoms with E-state index in [0.717, 1.165) is 12.1 Å². The number of rotatable bonds is 4. The Hall–Kier alpha value is -2.47. The molecule has 0 aromatic heterocycles. The molecule has 2 aromatic rings. The smallest absolute Gasteiger partial charge is 0.417 e. The van der Waals surface area contributed by atoms with Crippen LogP contribution < -0.4 is 4.74 Å². The summed E-state index contributed by atoms with van der Waals surface area (Å²) in [6, 6.07) is 9.06. The van der Waals surface area contributed by atoms with Gasteiger partial charge < -0.3 is 9.84 Å². The van der Waals surface area contributed by atoms with Gasteiger partial charge in [-0.1, -0.05) is 18.2 Å². The number of hydrogen-bond acceptors (Lipinski definition) is 2.